The summed E-state index contributed by atoms with van der Waals surface area (Å²) in [6.07, 6.45) is 0. The number of hydrogen-bond donors (Lipinski definition) is 0. The Morgan fingerprint density at radius 2 is 1.25 bits per heavy atom. The molecule has 0 aliphatic carbocycles. The van der Waals surface area contributed by atoms with Crippen LogP contribution in [0.15, 0.2) is 0 Å². The third kappa shape index (κ3) is 9.61. The van der Waals surface area contributed by atoms with E-state index >= 15 is 0 Å². The molecule has 0 aliphatic rings. The van der Waals surface area contributed by atoms with Gasteiger partial charge in [0, 0.05) is 22.4 Å². The molecule has 0 nitrogen and oxygen atoms in total. The van der Waals surface area contributed by atoms with Crippen LogP contribution in [0.3, 0.4) is 0 Å². The molecule has 0 heterocycles. The largest absolute Gasteiger partial charge is 2.00 e. The Morgan fingerprint density at radius 3 is 1.25 bits per heavy atom. The van der Waals surface area contributed by atoms with Crippen molar-refractivity contribution in [2.45, 2.75) is 0 Å². The standard InChI is InChI=1S/Bi.Ca.Sr.Ta.7H/q;2*+2;;;;;4*-1. The van der Waals surface area contributed by atoms with E-state index in [1.54, 1.807) is 0 Å². The summed E-state index contributed by atoms with van der Waals surface area (Å²) in [4.78, 5) is 0. The van der Waals surface area contributed by atoms with E-state index < -0.39 is 0 Å². The molecule has 0 N–H and O–H groups in total. The van der Waals surface area contributed by atoms with E-state index in [-0.39, 0.29) is 138 Å². The van der Waals surface area contributed by atoms with Gasteiger partial charge in [-0.15, -0.1) is 0 Å². The molecular weight excluding hydrogens is 518 g/mol. The Balaban J connectivity index is 0. The van der Waals surface area contributed by atoms with Crippen molar-refractivity contribution in [2.24, 2.45) is 0 Å². The molecular formula is H7BiCaSrTa. The van der Waals surface area contributed by atoms with Crippen molar-refractivity contribution in [3.8, 4) is 0 Å². The van der Waals surface area contributed by atoms with Gasteiger partial charge in [-0.2, -0.15) is 0 Å². The Labute approximate surface area is 134 Å². The van der Waals surface area contributed by atoms with Gasteiger partial charge in [0.05, 0.1) is 0 Å². The molecule has 0 amide bonds. The molecule has 0 saturated carbocycles. The van der Waals surface area contributed by atoms with Gasteiger partial charge in [-0.1, -0.05) is 0 Å². The van der Waals surface area contributed by atoms with E-state index in [4.69, 9.17) is 0 Å². The van der Waals surface area contributed by atoms with Gasteiger partial charge in [-0.25, -0.2) is 0 Å². The first-order chi connectivity index (χ1) is 0. The maximum Gasteiger partial charge on any atom is 2.00 e. The molecule has 0 unspecified atom stereocenters. The zero-order chi connectivity index (χ0) is 0. The zero-order valence-corrected chi connectivity index (χ0v) is 17.0. The summed E-state index contributed by atoms with van der Waals surface area (Å²) < 4.78 is 0. The molecule has 0 aromatic carbocycles. The molecule has 1 radical (unpaired) electrons. The molecule has 0 rings (SSSR count). The summed E-state index contributed by atoms with van der Waals surface area (Å²) in [5, 5.41) is 0. The van der Waals surface area contributed by atoms with E-state index in [9.17, 15) is 0 Å². The zero-order valence-electron chi connectivity index (χ0n) is 6.57. The van der Waals surface area contributed by atoms with Gasteiger partial charge in [0.1, 0.15) is 0 Å². The van der Waals surface area contributed by atoms with E-state index in [1.807, 2.05) is 0 Å². The normalized spacial score (nSPS) is 0. The van der Waals surface area contributed by atoms with Crippen LogP contribution in [0.25, 0.3) is 0 Å². The summed E-state index contributed by atoms with van der Waals surface area (Å²) in [6, 6.07) is 0. The second-order valence-corrected chi connectivity index (χ2v) is 0. The molecule has 0 fully saturated rings. The van der Waals surface area contributed by atoms with Crippen LogP contribution in [-0.2, 0) is 22.4 Å². The predicted molar refractivity (Wildman–Crippen MR) is 25.9 cm³/mol. The third-order valence-corrected chi connectivity index (χ3v) is 0. The summed E-state index contributed by atoms with van der Waals surface area (Å²) in [5.41, 5.74) is 0. The average molecular weight is 525 g/mol. The van der Waals surface area contributed by atoms with Crippen molar-refractivity contribution in [3.05, 3.63) is 0 Å². The Morgan fingerprint density at radius 1 is 1.25 bits per heavy atom. The van der Waals surface area contributed by atoms with Crippen LogP contribution < -0.4 is 0 Å². The summed E-state index contributed by atoms with van der Waals surface area (Å²) in [6.45, 7) is 0. The van der Waals surface area contributed by atoms with E-state index in [0.717, 1.165) is 0 Å². The Bertz CT molecular complexity index is 16.0. The first kappa shape index (κ1) is 23.8. The molecule has 0 spiro atoms. The maximum absolute atomic E-state index is 0. The van der Waals surface area contributed by atoms with Gasteiger partial charge >= 0.3 is 109 Å². The fourth-order valence-electron chi connectivity index (χ4n) is 0. The molecule has 0 aromatic rings. The molecule has 21 valence electrons. The first-order valence-corrected chi connectivity index (χ1v) is 0. The van der Waals surface area contributed by atoms with Crippen LogP contribution in [0, 0.1) is 0 Å². The van der Waals surface area contributed by atoms with Gasteiger partial charge in [0.15, 0.2) is 0 Å². The second kappa shape index (κ2) is 15.7. The van der Waals surface area contributed by atoms with Crippen LogP contribution in [0.5, 0.6) is 0 Å². The molecule has 0 saturated heterocycles. The average Bonchev–Trinajstić information content (AvgIpc) is 0. The SMILES string of the molecule is [BiH3].[Ca+2].[H-].[H-].[H-].[H-].[Sr+2].[Ta]. The topological polar surface area (TPSA) is 0 Å². The van der Waals surface area contributed by atoms with Crippen LogP contribution in [0.4, 0.5) is 0 Å². The van der Waals surface area contributed by atoms with Crippen molar-refractivity contribution in [3.63, 3.8) is 0 Å². The minimum Gasteiger partial charge on any atom is -1.00 e. The van der Waals surface area contributed by atoms with Crippen molar-refractivity contribution in [1.29, 1.82) is 0 Å². The summed E-state index contributed by atoms with van der Waals surface area (Å²) in [7, 11) is 0. The van der Waals surface area contributed by atoms with E-state index in [0.29, 0.717) is 0 Å². The minimum absolute atomic E-state index is 0. The number of rotatable bonds is 0. The Hall–Kier alpha value is 4.36. The van der Waals surface area contributed by atoms with E-state index in [1.165, 1.54) is 0 Å². The van der Waals surface area contributed by atoms with Crippen LogP contribution in [0.1, 0.15) is 5.71 Å². The molecule has 4 heteroatoms. The van der Waals surface area contributed by atoms with Crippen LogP contribution >= 0.6 is 0 Å². The van der Waals surface area contributed by atoms with Gasteiger partial charge in [0.2, 0.25) is 0 Å². The molecule has 0 atom stereocenters. The molecule has 0 aliphatic heterocycles. The first-order valence-electron chi connectivity index (χ1n) is 0. The summed E-state index contributed by atoms with van der Waals surface area (Å²) >= 11 is 0. The fourth-order valence-corrected chi connectivity index (χ4v) is 0. The van der Waals surface area contributed by atoms with E-state index in [2.05, 4.69) is 0 Å². The predicted octanol–water partition coefficient (Wildman–Crippen LogP) is -1.50. The van der Waals surface area contributed by atoms with Crippen LogP contribution in [0.2, 0.25) is 0 Å². The molecule has 0 aromatic heterocycles. The minimum atomic E-state index is 0. The van der Waals surface area contributed by atoms with Crippen LogP contribution in [-0.4, -0.2) is 109 Å². The maximum atomic E-state index is 0. The van der Waals surface area contributed by atoms with Crippen molar-refractivity contribution in [1.82, 2.24) is 0 Å². The molecule has 4 heavy (non-hydrogen) atoms. The van der Waals surface area contributed by atoms with Gasteiger partial charge in [-0.05, 0) is 0 Å². The van der Waals surface area contributed by atoms with Gasteiger partial charge in [-0.3, -0.25) is 0 Å². The second-order valence-electron chi connectivity index (χ2n) is 0. The van der Waals surface area contributed by atoms with Gasteiger partial charge in [0.25, 0.3) is 0 Å². The number of hydrogen-bond acceptors (Lipinski definition) is 0. The van der Waals surface area contributed by atoms with Crippen molar-refractivity contribution < 1.29 is 28.1 Å². The monoisotopic (exact) mass is 525 g/mol. The quantitative estimate of drug-likeness (QED) is 0.339. The van der Waals surface area contributed by atoms with Crippen molar-refractivity contribution in [2.75, 3.05) is 0 Å². The third-order valence-electron chi connectivity index (χ3n) is 0. The fraction of sp³-hybridized carbons (Fsp3) is 0. The molecule has 0 bridgehead atoms. The van der Waals surface area contributed by atoms with Crippen molar-refractivity contribution >= 4 is 109 Å². The Kier molecular flexibility index (Phi) is 93.2. The summed E-state index contributed by atoms with van der Waals surface area (Å²) in [5.74, 6) is 0. The smallest absolute Gasteiger partial charge is 1.00 e. The van der Waals surface area contributed by atoms with Gasteiger partial charge < -0.3 is 5.71 Å².